The number of ether oxygens (including phenoxy) is 1. The van der Waals surface area contributed by atoms with Crippen molar-refractivity contribution in [3.8, 4) is 17.2 Å². The third-order valence-corrected chi connectivity index (χ3v) is 7.18. The molecule has 0 saturated heterocycles. The number of nitrogens with one attached hydrogen (secondary N) is 1. The predicted octanol–water partition coefficient (Wildman–Crippen LogP) is 4.99. The summed E-state index contributed by atoms with van der Waals surface area (Å²) >= 11 is 0. The Morgan fingerprint density at radius 1 is 1.05 bits per heavy atom. The SMILES string of the molecule is COC(=O)CN(CC=Cc1ccc(-c2ccccc2S(=O)(=O)NC(C)(C)C)cc1)c1cccc(C#N)c1. The topological polar surface area (TPSA) is 99.5 Å². The largest absolute Gasteiger partial charge is 0.468 e. The van der Waals surface area contributed by atoms with Crippen molar-refractivity contribution in [3.63, 3.8) is 0 Å². The third-order valence-electron chi connectivity index (χ3n) is 5.36. The number of esters is 1. The Kier molecular flexibility index (Phi) is 8.87. The van der Waals surface area contributed by atoms with Gasteiger partial charge in [0.25, 0.3) is 0 Å². The fourth-order valence-corrected chi connectivity index (χ4v) is 5.39. The van der Waals surface area contributed by atoms with Gasteiger partial charge in [0.1, 0.15) is 6.54 Å². The number of carbonyl (C=O) groups is 1. The van der Waals surface area contributed by atoms with Gasteiger partial charge in [0.15, 0.2) is 0 Å². The summed E-state index contributed by atoms with van der Waals surface area (Å²) in [5, 5.41) is 9.20. The van der Waals surface area contributed by atoms with Crippen LogP contribution in [0.1, 0.15) is 31.9 Å². The first-order chi connectivity index (χ1) is 17.5. The zero-order valence-corrected chi connectivity index (χ0v) is 22.2. The van der Waals surface area contributed by atoms with E-state index >= 15 is 0 Å². The summed E-state index contributed by atoms with van der Waals surface area (Å²) in [6, 6.07) is 23.7. The van der Waals surface area contributed by atoms with Crippen molar-refractivity contribution < 1.29 is 17.9 Å². The average molecular weight is 518 g/mol. The van der Waals surface area contributed by atoms with E-state index < -0.39 is 15.6 Å². The molecule has 0 atom stereocenters. The molecule has 0 radical (unpaired) electrons. The maximum atomic E-state index is 13.0. The molecule has 7 nitrogen and oxygen atoms in total. The van der Waals surface area contributed by atoms with E-state index in [0.717, 1.165) is 16.8 Å². The lowest BCUT2D eigenvalue weighted by Gasteiger charge is -2.22. The van der Waals surface area contributed by atoms with E-state index in [2.05, 4.69) is 10.8 Å². The average Bonchev–Trinajstić information content (AvgIpc) is 2.87. The molecule has 0 saturated carbocycles. The monoisotopic (exact) mass is 517 g/mol. The van der Waals surface area contributed by atoms with Crippen molar-refractivity contribution in [1.82, 2.24) is 4.72 Å². The summed E-state index contributed by atoms with van der Waals surface area (Å²) in [7, 11) is -2.36. The minimum atomic E-state index is -3.70. The number of benzene rings is 3. The summed E-state index contributed by atoms with van der Waals surface area (Å²) in [5.74, 6) is -0.380. The number of nitriles is 1. The number of sulfonamides is 1. The summed E-state index contributed by atoms with van der Waals surface area (Å²) in [5.41, 5.74) is 2.97. The number of anilines is 1. The summed E-state index contributed by atoms with van der Waals surface area (Å²) in [4.78, 5) is 14.0. The zero-order chi connectivity index (χ0) is 27.1. The Hall–Kier alpha value is -3.93. The summed E-state index contributed by atoms with van der Waals surface area (Å²) in [6.07, 6.45) is 3.84. The fraction of sp³-hybridized carbons (Fsp3) is 0.241. The molecular formula is C29H31N3O4S. The Bertz CT molecular complexity index is 1420. The molecule has 192 valence electrons. The van der Waals surface area contributed by atoms with Gasteiger partial charge in [-0.1, -0.05) is 60.7 Å². The van der Waals surface area contributed by atoms with Gasteiger partial charge in [-0.15, -0.1) is 0 Å². The Labute approximate surface area is 219 Å². The first-order valence-electron chi connectivity index (χ1n) is 11.7. The quantitative estimate of drug-likeness (QED) is 0.401. The second-order valence-electron chi connectivity index (χ2n) is 9.49. The van der Waals surface area contributed by atoms with Gasteiger partial charge >= 0.3 is 5.97 Å². The highest BCUT2D eigenvalue weighted by atomic mass is 32.2. The predicted molar refractivity (Wildman–Crippen MR) is 146 cm³/mol. The van der Waals surface area contributed by atoms with Crippen LogP contribution < -0.4 is 9.62 Å². The molecule has 0 amide bonds. The molecule has 3 aromatic rings. The number of rotatable bonds is 9. The van der Waals surface area contributed by atoms with Gasteiger partial charge in [0, 0.05) is 23.3 Å². The minimum absolute atomic E-state index is 0.0442. The second kappa shape index (κ2) is 11.9. The van der Waals surface area contributed by atoms with Crippen LogP contribution in [0.3, 0.4) is 0 Å². The molecular weight excluding hydrogens is 486 g/mol. The van der Waals surface area contributed by atoms with Crippen molar-refractivity contribution in [2.75, 3.05) is 25.1 Å². The van der Waals surface area contributed by atoms with Gasteiger partial charge < -0.3 is 9.64 Å². The Balaban J connectivity index is 1.80. The van der Waals surface area contributed by atoms with E-state index in [-0.39, 0.29) is 17.4 Å². The van der Waals surface area contributed by atoms with E-state index in [1.165, 1.54) is 7.11 Å². The van der Waals surface area contributed by atoms with E-state index in [1.807, 2.05) is 53.5 Å². The van der Waals surface area contributed by atoms with Crippen molar-refractivity contribution in [2.45, 2.75) is 31.2 Å². The molecule has 0 heterocycles. The van der Waals surface area contributed by atoms with Crippen LogP contribution in [0.2, 0.25) is 0 Å². The Morgan fingerprint density at radius 2 is 1.76 bits per heavy atom. The van der Waals surface area contributed by atoms with Crippen LogP contribution in [-0.2, 0) is 19.6 Å². The zero-order valence-electron chi connectivity index (χ0n) is 21.4. The number of methoxy groups -OCH3 is 1. The maximum Gasteiger partial charge on any atom is 0.325 e. The van der Waals surface area contributed by atoms with Crippen LogP contribution in [0.25, 0.3) is 17.2 Å². The van der Waals surface area contributed by atoms with E-state index in [4.69, 9.17) is 4.74 Å². The molecule has 0 bridgehead atoms. The lowest BCUT2D eigenvalue weighted by atomic mass is 10.0. The van der Waals surface area contributed by atoms with Gasteiger partial charge in [-0.2, -0.15) is 5.26 Å². The number of hydrogen-bond donors (Lipinski definition) is 1. The van der Waals surface area contributed by atoms with E-state index in [0.29, 0.717) is 17.7 Å². The van der Waals surface area contributed by atoms with Gasteiger partial charge in [0.05, 0.1) is 23.6 Å². The molecule has 0 aliphatic heterocycles. The van der Waals surface area contributed by atoms with Crippen molar-refractivity contribution >= 4 is 27.8 Å². The number of nitrogens with zero attached hydrogens (tertiary/aromatic N) is 2. The second-order valence-corrected chi connectivity index (χ2v) is 11.1. The molecule has 0 fully saturated rings. The summed E-state index contributed by atoms with van der Waals surface area (Å²) in [6.45, 7) is 5.89. The molecule has 0 aromatic heterocycles. The lowest BCUT2D eigenvalue weighted by Crippen LogP contribution is -2.40. The Morgan fingerprint density at radius 3 is 2.41 bits per heavy atom. The van der Waals surface area contributed by atoms with Crippen molar-refractivity contribution in [3.05, 3.63) is 90.0 Å². The van der Waals surface area contributed by atoms with Crippen LogP contribution >= 0.6 is 0 Å². The number of carbonyl (C=O) groups excluding carboxylic acids is 1. The molecule has 0 aliphatic rings. The van der Waals surface area contributed by atoms with Crippen LogP contribution in [0.4, 0.5) is 5.69 Å². The first-order valence-corrected chi connectivity index (χ1v) is 13.2. The normalized spacial score (nSPS) is 11.8. The molecule has 1 N–H and O–H groups in total. The van der Waals surface area contributed by atoms with Crippen molar-refractivity contribution in [2.24, 2.45) is 0 Å². The van der Waals surface area contributed by atoms with Gasteiger partial charge in [-0.05, 0) is 56.2 Å². The molecule has 0 unspecified atom stereocenters. The lowest BCUT2D eigenvalue weighted by molar-refractivity contribution is -0.138. The minimum Gasteiger partial charge on any atom is -0.468 e. The highest BCUT2D eigenvalue weighted by Crippen LogP contribution is 2.28. The maximum absolute atomic E-state index is 13.0. The molecule has 0 aliphatic carbocycles. The molecule has 8 heteroatoms. The van der Waals surface area contributed by atoms with Gasteiger partial charge in [-0.25, -0.2) is 13.1 Å². The molecule has 0 spiro atoms. The highest BCUT2D eigenvalue weighted by molar-refractivity contribution is 7.89. The van der Waals surface area contributed by atoms with Crippen LogP contribution in [0.5, 0.6) is 0 Å². The van der Waals surface area contributed by atoms with Gasteiger partial charge in [-0.3, -0.25) is 4.79 Å². The van der Waals surface area contributed by atoms with E-state index in [1.54, 1.807) is 57.2 Å². The fourth-order valence-electron chi connectivity index (χ4n) is 3.74. The number of hydrogen-bond acceptors (Lipinski definition) is 6. The highest BCUT2D eigenvalue weighted by Gasteiger charge is 2.24. The summed E-state index contributed by atoms with van der Waals surface area (Å²) < 4.78 is 33.5. The molecule has 3 aromatic carbocycles. The van der Waals surface area contributed by atoms with Crippen LogP contribution in [0.15, 0.2) is 83.8 Å². The van der Waals surface area contributed by atoms with E-state index in [9.17, 15) is 18.5 Å². The standard InChI is InChI=1S/C29H31N3O4S/c1-29(2,3)31-37(34,35)27-13-6-5-12-26(27)24-16-14-22(15-17-24)10-8-18-32(21-28(33)36-4)25-11-7-9-23(19-25)20-30/h5-17,19,31H,18,21H2,1-4H3. The molecule has 37 heavy (non-hydrogen) atoms. The smallest absolute Gasteiger partial charge is 0.325 e. The van der Waals surface area contributed by atoms with Crippen molar-refractivity contribution in [1.29, 1.82) is 5.26 Å². The van der Waals surface area contributed by atoms with Crippen LogP contribution in [0, 0.1) is 11.3 Å². The third kappa shape index (κ3) is 7.78. The van der Waals surface area contributed by atoms with Gasteiger partial charge in [0.2, 0.25) is 10.0 Å². The van der Waals surface area contributed by atoms with Crippen LogP contribution in [-0.4, -0.2) is 40.1 Å². The molecule has 3 rings (SSSR count). The first kappa shape index (κ1) is 27.7.